The molecule has 1 aromatic heterocycles. The van der Waals surface area contributed by atoms with Crippen LogP contribution >= 0.6 is 11.3 Å². The lowest BCUT2D eigenvalue weighted by Crippen LogP contribution is -2.42. The maximum Gasteiger partial charge on any atom is 0.325 e. The molecule has 0 saturated heterocycles. The monoisotopic (exact) mass is 312 g/mol. The molecule has 0 aliphatic carbocycles. The minimum atomic E-state index is -0.480. The molecule has 1 N–H and O–H groups in total. The van der Waals surface area contributed by atoms with E-state index in [2.05, 4.69) is 15.3 Å². The van der Waals surface area contributed by atoms with Crippen LogP contribution in [0.15, 0.2) is 10.4 Å². The van der Waals surface area contributed by atoms with Crippen LogP contribution in [0.5, 0.6) is 0 Å². The Bertz CT molecular complexity index is 505. The summed E-state index contributed by atoms with van der Waals surface area (Å²) in [5, 5.41) is 6.05. The molecule has 0 amide bonds. The van der Waals surface area contributed by atoms with Crippen molar-refractivity contribution < 1.29 is 9.53 Å². The number of hydrogen-bond acceptors (Lipinski definition) is 5. The smallest absolute Gasteiger partial charge is 0.325 e. The zero-order chi connectivity index (χ0) is 16.0. The maximum atomic E-state index is 11.7. The van der Waals surface area contributed by atoms with E-state index in [9.17, 15) is 4.79 Å². The molecule has 0 aliphatic rings. The number of thiazole rings is 1. The Labute approximate surface area is 130 Å². The fourth-order valence-electron chi connectivity index (χ4n) is 1.71. The lowest BCUT2D eigenvalue weighted by atomic mass is 10.2. The molecule has 0 aromatic carbocycles. The quantitative estimate of drug-likeness (QED) is 0.522. The molecule has 0 saturated carbocycles. The van der Waals surface area contributed by atoms with Crippen molar-refractivity contribution in [3.05, 3.63) is 16.1 Å². The van der Waals surface area contributed by atoms with Crippen molar-refractivity contribution in [2.75, 3.05) is 20.6 Å². The van der Waals surface area contributed by atoms with Gasteiger partial charge in [0.1, 0.15) is 12.1 Å². The van der Waals surface area contributed by atoms with E-state index < -0.39 is 5.60 Å². The highest BCUT2D eigenvalue weighted by molar-refractivity contribution is 7.09. The highest BCUT2D eigenvalue weighted by atomic mass is 32.1. The molecule has 0 aliphatic heterocycles. The number of hydrogen-bond donors (Lipinski definition) is 1. The van der Waals surface area contributed by atoms with Crippen molar-refractivity contribution in [1.29, 1.82) is 0 Å². The van der Waals surface area contributed by atoms with E-state index >= 15 is 0 Å². The first kappa shape index (κ1) is 17.4. The molecule has 21 heavy (non-hydrogen) atoms. The third-order valence-electron chi connectivity index (χ3n) is 2.45. The summed E-state index contributed by atoms with van der Waals surface area (Å²) in [7, 11) is 3.58. The summed E-state index contributed by atoms with van der Waals surface area (Å²) in [6.45, 7) is 8.23. The normalized spacial score (nSPS) is 12.2. The molecular weight excluding hydrogens is 288 g/mol. The number of esters is 1. The van der Waals surface area contributed by atoms with Crippen molar-refractivity contribution >= 4 is 23.3 Å². The predicted octanol–water partition coefficient (Wildman–Crippen LogP) is 1.80. The first-order valence-electron chi connectivity index (χ1n) is 6.76. The van der Waals surface area contributed by atoms with Crippen LogP contribution < -0.4 is 5.32 Å². The first-order valence-corrected chi connectivity index (χ1v) is 7.64. The van der Waals surface area contributed by atoms with Crippen molar-refractivity contribution in [3.8, 4) is 0 Å². The Kier molecular flexibility index (Phi) is 6.14. The van der Waals surface area contributed by atoms with E-state index in [-0.39, 0.29) is 12.5 Å². The van der Waals surface area contributed by atoms with Gasteiger partial charge in [-0.05, 0) is 27.7 Å². The third kappa shape index (κ3) is 6.57. The number of guanidine groups is 1. The van der Waals surface area contributed by atoms with Gasteiger partial charge in [-0.1, -0.05) is 0 Å². The van der Waals surface area contributed by atoms with Crippen LogP contribution in [0.2, 0.25) is 0 Å². The summed E-state index contributed by atoms with van der Waals surface area (Å²) in [6, 6.07) is 0. The summed E-state index contributed by atoms with van der Waals surface area (Å²) < 4.78 is 5.25. The van der Waals surface area contributed by atoms with Gasteiger partial charge in [-0.25, -0.2) is 4.98 Å². The molecule has 1 rings (SSSR count). The molecule has 7 heteroatoms. The molecule has 1 aromatic rings. The van der Waals surface area contributed by atoms with Gasteiger partial charge in [-0.15, -0.1) is 11.3 Å². The topological polar surface area (TPSA) is 66.8 Å². The number of aryl methyl sites for hydroxylation is 1. The van der Waals surface area contributed by atoms with Crippen molar-refractivity contribution in [2.24, 2.45) is 4.99 Å². The number of ether oxygens (including phenoxy) is 1. The summed E-state index contributed by atoms with van der Waals surface area (Å²) in [5.74, 6) is 0.327. The van der Waals surface area contributed by atoms with Crippen LogP contribution in [0.4, 0.5) is 0 Å². The van der Waals surface area contributed by atoms with Crippen LogP contribution in [0.25, 0.3) is 0 Å². The van der Waals surface area contributed by atoms with Gasteiger partial charge in [0, 0.05) is 19.5 Å². The highest BCUT2D eigenvalue weighted by Crippen LogP contribution is 2.10. The average molecular weight is 312 g/mol. The van der Waals surface area contributed by atoms with Gasteiger partial charge in [0.25, 0.3) is 0 Å². The van der Waals surface area contributed by atoms with Crippen molar-refractivity contribution in [1.82, 2.24) is 15.2 Å². The SMILES string of the molecule is CN=C(NCC(=O)OC(C)(C)C)N(C)Cc1csc(C)n1. The zero-order valence-corrected chi connectivity index (χ0v) is 14.4. The van der Waals surface area contributed by atoms with Gasteiger partial charge >= 0.3 is 5.97 Å². The van der Waals surface area contributed by atoms with Crippen LogP contribution in [-0.4, -0.2) is 48.1 Å². The molecular formula is C14H24N4O2S. The summed E-state index contributed by atoms with van der Waals surface area (Å²) in [5.41, 5.74) is 0.506. The number of aliphatic imine (C=N–C) groups is 1. The van der Waals surface area contributed by atoms with Crippen molar-refractivity contribution in [2.45, 2.75) is 39.8 Å². The minimum absolute atomic E-state index is 0.0877. The maximum absolute atomic E-state index is 11.7. The van der Waals surface area contributed by atoms with Gasteiger partial charge < -0.3 is 15.0 Å². The van der Waals surface area contributed by atoms with Crippen molar-refractivity contribution in [3.63, 3.8) is 0 Å². The van der Waals surface area contributed by atoms with Gasteiger partial charge in [0.2, 0.25) is 0 Å². The van der Waals surface area contributed by atoms with E-state index in [1.54, 1.807) is 18.4 Å². The van der Waals surface area contributed by atoms with Gasteiger partial charge in [0.15, 0.2) is 5.96 Å². The number of aromatic nitrogens is 1. The lowest BCUT2D eigenvalue weighted by Gasteiger charge is -2.23. The number of carbonyl (C=O) groups excluding carboxylic acids is 1. The third-order valence-corrected chi connectivity index (χ3v) is 3.27. The Morgan fingerprint density at radius 3 is 2.67 bits per heavy atom. The molecule has 0 spiro atoms. The van der Waals surface area contributed by atoms with Gasteiger partial charge in [-0.3, -0.25) is 9.79 Å². The second kappa shape index (κ2) is 7.40. The second-order valence-electron chi connectivity index (χ2n) is 5.70. The van der Waals surface area contributed by atoms with E-state index in [4.69, 9.17) is 4.74 Å². The predicted molar refractivity (Wildman–Crippen MR) is 85.5 cm³/mol. The van der Waals surface area contributed by atoms with E-state index in [0.29, 0.717) is 12.5 Å². The van der Waals surface area contributed by atoms with E-state index in [1.165, 1.54) is 0 Å². The van der Waals surface area contributed by atoms with Crippen LogP contribution in [0.1, 0.15) is 31.5 Å². The van der Waals surface area contributed by atoms with Crippen LogP contribution in [0.3, 0.4) is 0 Å². The standard InChI is InChI=1S/C14H24N4O2S/c1-10-17-11(9-21-10)8-18(6)13(15-5)16-7-12(19)20-14(2,3)4/h9H,7-8H2,1-6H3,(H,15,16). The number of rotatable bonds is 4. The van der Waals surface area contributed by atoms with E-state index in [1.807, 2.05) is 45.0 Å². The Hall–Kier alpha value is -1.63. The fourth-order valence-corrected chi connectivity index (χ4v) is 2.32. The fraction of sp³-hybridized carbons (Fsp3) is 0.643. The van der Waals surface area contributed by atoms with Gasteiger partial charge in [-0.2, -0.15) is 0 Å². The number of carbonyl (C=O) groups is 1. The van der Waals surface area contributed by atoms with E-state index in [0.717, 1.165) is 10.7 Å². The number of nitrogens with one attached hydrogen (secondary N) is 1. The van der Waals surface area contributed by atoms with Crippen LogP contribution in [0, 0.1) is 6.92 Å². The minimum Gasteiger partial charge on any atom is -0.459 e. The molecule has 118 valence electrons. The molecule has 0 unspecified atom stereocenters. The molecule has 0 radical (unpaired) electrons. The molecule has 0 fully saturated rings. The summed E-state index contributed by atoms with van der Waals surface area (Å²) in [6.07, 6.45) is 0. The molecule has 6 nitrogen and oxygen atoms in total. The number of nitrogens with zero attached hydrogens (tertiary/aromatic N) is 3. The highest BCUT2D eigenvalue weighted by Gasteiger charge is 2.17. The first-order chi connectivity index (χ1) is 9.71. The summed E-state index contributed by atoms with van der Waals surface area (Å²) >= 11 is 1.62. The Balaban J connectivity index is 2.49. The Morgan fingerprint density at radius 2 is 2.19 bits per heavy atom. The lowest BCUT2D eigenvalue weighted by molar-refractivity contribution is -0.153. The zero-order valence-electron chi connectivity index (χ0n) is 13.6. The van der Waals surface area contributed by atoms with Crippen LogP contribution in [-0.2, 0) is 16.1 Å². The molecule has 0 bridgehead atoms. The van der Waals surface area contributed by atoms with Gasteiger partial charge in [0.05, 0.1) is 17.2 Å². The molecule has 1 heterocycles. The largest absolute Gasteiger partial charge is 0.459 e. The second-order valence-corrected chi connectivity index (χ2v) is 6.76. The average Bonchev–Trinajstić information content (AvgIpc) is 2.73. The Morgan fingerprint density at radius 1 is 1.52 bits per heavy atom. The molecule has 0 atom stereocenters. The summed E-state index contributed by atoms with van der Waals surface area (Å²) in [4.78, 5) is 22.2.